The quantitative estimate of drug-likeness (QED) is 0.879. The van der Waals surface area contributed by atoms with Crippen LogP contribution >= 0.6 is 0 Å². The third-order valence-electron chi connectivity index (χ3n) is 3.67. The van der Waals surface area contributed by atoms with Crippen LogP contribution in [0.2, 0.25) is 0 Å². The van der Waals surface area contributed by atoms with Crippen molar-refractivity contribution in [1.82, 2.24) is 9.88 Å². The Morgan fingerprint density at radius 1 is 1.47 bits per heavy atom. The summed E-state index contributed by atoms with van der Waals surface area (Å²) >= 11 is 0. The molecule has 1 unspecified atom stereocenters. The first-order valence-corrected chi connectivity index (χ1v) is 6.52. The number of hydrogen-bond acceptors (Lipinski definition) is 1. The second-order valence-corrected chi connectivity index (χ2v) is 5.49. The van der Waals surface area contributed by atoms with E-state index in [0.717, 1.165) is 29.1 Å². The second-order valence-electron chi connectivity index (χ2n) is 5.49. The number of halogens is 2. The number of alkyl halides is 2. The van der Waals surface area contributed by atoms with Crippen LogP contribution in [0.25, 0.3) is 10.9 Å². The van der Waals surface area contributed by atoms with Crippen LogP contribution in [0, 0.1) is 0 Å². The van der Waals surface area contributed by atoms with Crippen LogP contribution < -0.4 is 0 Å². The van der Waals surface area contributed by atoms with E-state index in [1.807, 2.05) is 31.2 Å². The molecule has 2 heterocycles. The minimum atomic E-state index is -2.78. The molecule has 1 aliphatic rings. The highest BCUT2D eigenvalue weighted by atomic mass is 19.3. The number of fused-ring (bicyclic) bond motifs is 3. The molecular formula is C15H18F2N2. The number of H-pyrrole nitrogens is 1. The lowest BCUT2D eigenvalue weighted by molar-refractivity contribution is -0.0293. The molecule has 1 aliphatic heterocycles. The van der Waals surface area contributed by atoms with Crippen LogP contribution in [-0.2, 0) is 12.9 Å². The molecule has 0 saturated heterocycles. The average Bonchev–Trinajstić information content (AvgIpc) is 2.73. The molecule has 0 radical (unpaired) electrons. The Morgan fingerprint density at radius 2 is 2.21 bits per heavy atom. The Balaban J connectivity index is 2.03. The van der Waals surface area contributed by atoms with Gasteiger partial charge in [-0.15, -0.1) is 0 Å². The summed E-state index contributed by atoms with van der Waals surface area (Å²) in [7, 11) is 0. The van der Waals surface area contributed by atoms with Gasteiger partial charge in [-0.1, -0.05) is 18.2 Å². The number of hydrogen-bond donors (Lipinski definition) is 1. The summed E-state index contributed by atoms with van der Waals surface area (Å²) in [5.74, 6) is -2.78. The van der Waals surface area contributed by atoms with Crippen molar-refractivity contribution in [2.75, 3.05) is 6.54 Å². The number of aromatic nitrogens is 1. The molecule has 19 heavy (non-hydrogen) atoms. The summed E-state index contributed by atoms with van der Waals surface area (Å²) in [4.78, 5) is 4.80. The Kier molecular flexibility index (Phi) is 2.58. The smallest absolute Gasteiger partial charge is 0.257 e. The van der Waals surface area contributed by atoms with Crippen LogP contribution in [0.15, 0.2) is 24.3 Å². The Hall–Kier alpha value is -1.42. The fourth-order valence-corrected chi connectivity index (χ4v) is 2.78. The second kappa shape index (κ2) is 4.30. The van der Waals surface area contributed by atoms with E-state index in [1.54, 1.807) is 4.90 Å². The van der Waals surface area contributed by atoms with Gasteiger partial charge in [-0.3, -0.25) is 4.90 Å². The van der Waals surface area contributed by atoms with E-state index in [1.165, 1.54) is 0 Å². The van der Waals surface area contributed by atoms with Crippen LogP contribution in [0.3, 0.4) is 0 Å². The molecule has 0 spiro atoms. The lowest BCUT2D eigenvalue weighted by atomic mass is 9.97. The number of nitrogens with one attached hydrogen (secondary N) is 1. The third-order valence-corrected chi connectivity index (χ3v) is 3.67. The first kappa shape index (κ1) is 11.4. The zero-order valence-electron chi connectivity index (χ0n) is 12.1. The maximum Gasteiger partial charge on any atom is 0.257 e. The summed E-state index contributed by atoms with van der Waals surface area (Å²) in [5.41, 5.74) is 2.84. The SMILES string of the molecule is [2H]C1c2[nH]c3ccccc3c2C[C@@H](C)N1CC(C)(F)F. The van der Waals surface area contributed by atoms with Gasteiger partial charge in [-0.25, -0.2) is 8.78 Å². The summed E-state index contributed by atoms with van der Waals surface area (Å²) in [6.45, 7) is 1.69. The number of rotatable bonds is 2. The average molecular weight is 265 g/mol. The van der Waals surface area contributed by atoms with Crippen molar-refractivity contribution >= 4 is 10.9 Å². The first-order chi connectivity index (χ1) is 9.37. The summed E-state index contributed by atoms with van der Waals surface area (Å²) in [5, 5.41) is 1.11. The molecule has 1 N–H and O–H groups in total. The predicted octanol–water partition coefficient (Wildman–Crippen LogP) is 3.57. The van der Waals surface area contributed by atoms with Gasteiger partial charge < -0.3 is 4.98 Å². The van der Waals surface area contributed by atoms with Gasteiger partial charge in [0.25, 0.3) is 5.92 Å². The van der Waals surface area contributed by atoms with Crippen molar-refractivity contribution in [2.45, 2.75) is 38.8 Å². The molecule has 0 amide bonds. The van der Waals surface area contributed by atoms with E-state index in [9.17, 15) is 8.78 Å². The normalized spacial score (nSPS) is 25.4. The van der Waals surface area contributed by atoms with E-state index >= 15 is 0 Å². The molecule has 2 aromatic rings. The molecule has 0 bridgehead atoms. The lowest BCUT2D eigenvalue weighted by Crippen LogP contribution is -2.44. The molecule has 0 fully saturated rings. The molecule has 4 heteroatoms. The number of benzene rings is 1. The highest BCUT2D eigenvalue weighted by Crippen LogP contribution is 2.31. The Labute approximate surface area is 112 Å². The lowest BCUT2D eigenvalue weighted by Gasteiger charge is -2.34. The molecule has 2 nitrogen and oxygen atoms in total. The van der Waals surface area contributed by atoms with Gasteiger partial charge in [0.05, 0.1) is 6.54 Å². The fraction of sp³-hybridized carbons (Fsp3) is 0.467. The van der Waals surface area contributed by atoms with Crippen molar-refractivity contribution in [1.29, 1.82) is 0 Å². The maximum atomic E-state index is 13.3. The predicted molar refractivity (Wildman–Crippen MR) is 72.5 cm³/mol. The molecule has 102 valence electrons. The summed E-state index contributed by atoms with van der Waals surface area (Å²) in [6, 6.07) is 7.82. The molecule has 0 aliphatic carbocycles. The monoisotopic (exact) mass is 265 g/mol. The van der Waals surface area contributed by atoms with Crippen molar-refractivity contribution in [3.63, 3.8) is 0 Å². The van der Waals surface area contributed by atoms with Gasteiger partial charge in [0.1, 0.15) is 0 Å². The van der Waals surface area contributed by atoms with Gasteiger partial charge in [-0.05, 0) is 25.0 Å². The van der Waals surface area contributed by atoms with E-state index in [-0.39, 0.29) is 12.6 Å². The molecule has 3 rings (SSSR count). The minimum absolute atomic E-state index is 0.0602. The topological polar surface area (TPSA) is 19.0 Å². The largest absolute Gasteiger partial charge is 0.357 e. The summed E-state index contributed by atoms with van der Waals surface area (Å²) in [6.07, 6.45) is 0.699. The van der Waals surface area contributed by atoms with Crippen LogP contribution in [0.1, 0.15) is 26.5 Å². The van der Waals surface area contributed by atoms with Crippen molar-refractivity contribution in [3.8, 4) is 0 Å². The molecule has 2 atom stereocenters. The standard InChI is InChI=1S/C15H18F2N2/c1-10-7-12-11-5-3-4-6-13(11)18-14(12)8-19(10)9-15(2,16)17/h3-6,10,18H,7-9H2,1-2H3/t10-/m1/s1/i8D/t8?,10-. The van der Waals surface area contributed by atoms with E-state index in [2.05, 4.69) is 4.98 Å². The first-order valence-electron chi connectivity index (χ1n) is 7.10. The van der Waals surface area contributed by atoms with E-state index < -0.39 is 12.4 Å². The minimum Gasteiger partial charge on any atom is -0.357 e. The van der Waals surface area contributed by atoms with Crippen molar-refractivity contribution < 1.29 is 10.2 Å². The van der Waals surface area contributed by atoms with Crippen molar-refractivity contribution in [3.05, 3.63) is 35.5 Å². The zero-order valence-corrected chi connectivity index (χ0v) is 11.1. The van der Waals surface area contributed by atoms with E-state index in [4.69, 9.17) is 1.37 Å². The molecule has 1 aromatic carbocycles. The van der Waals surface area contributed by atoms with Gasteiger partial charge in [0.15, 0.2) is 0 Å². The fourth-order valence-electron chi connectivity index (χ4n) is 2.78. The van der Waals surface area contributed by atoms with Crippen LogP contribution in [0.4, 0.5) is 8.78 Å². The third kappa shape index (κ3) is 2.37. The maximum absolute atomic E-state index is 13.3. The molecule has 0 saturated carbocycles. The van der Waals surface area contributed by atoms with Gasteiger partial charge in [0.2, 0.25) is 0 Å². The Morgan fingerprint density at radius 3 is 2.95 bits per heavy atom. The van der Waals surface area contributed by atoms with Crippen molar-refractivity contribution in [2.24, 2.45) is 0 Å². The summed E-state index contributed by atoms with van der Waals surface area (Å²) < 4.78 is 34.9. The van der Waals surface area contributed by atoms with Crippen LogP contribution in [-0.4, -0.2) is 28.4 Å². The highest BCUT2D eigenvalue weighted by molar-refractivity contribution is 5.84. The van der Waals surface area contributed by atoms with Crippen LogP contribution in [0.5, 0.6) is 0 Å². The number of nitrogens with zero attached hydrogens (tertiary/aromatic N) is 1. The highest BCUT2D eigenvalue weighted by Gasteiger charge is 2.32. The number of para-hydroxylation sites is 1. The van der Waals surface area contributed by atoms with Gasteiger partial charge in [0, 0.05) is 37.5 Å². The van der Waals surface area contributed by atoms with E-state index in [0.29, 0.717) is 6.42 Å². The zero-order chi connectivity index (χ0) is 14.5. The Bertz CT molecular complexity index is 632. The molecular weight excluding hydrogens is 246 g/mol. The van der Waals surface area contributed by atoms with Gasteiger partial charge >= 0.3 is 0 Å². The number of aromatic amines is 1. The molecule has 1 aromatic heterocycles. The van der Waals surface area contributed by atoms with Gasteiger partial charge in [-0.2, -0.15) is 0 Å².